The van der Waals surface area contributed by atoms with Gasteiger partial charge in [-0.25, -0.2) is 0 Å². The van der Waals surface area contributed by atoms with Gasteiger partial charge in [0.05, 0.1) is 0 Å². The average molecular weight is 170 g/mol. The molecule has 12 heavy (non-hydrogen) atoms. The Morgan fingerprint density at radius 1 is 1.58 bits per heavy atom. The Morgan fingerprint density at radius 2 is 2.17 bits per heavy atom. The minimum Gasteiger partial charge on any atom is -0.461 e. The third-order valence-electron chi connectivity index (χ3n) is 1.53. The van der Waals surface area contributed by atoms with E-state index in [1.54, 1.807) is 13.8 Å². The Kier molecular flexibility index (Phi) is 5.00. The molecule has 0 aliphatic rings. The molecular weight excluding hydrogens is 156 g/mol. The third kappa shape index (κ3) is 3.32. The summed E-state index contributed by atoms with van der Waals surface area (Å²) in [6.45, 7) is 6.84. The van der Waals surface area contributed by atoms with Crippen molar-refractivity contribution >= 4 is 11.8 Å². The molecule has 0 fully saturated rings. The molecule has 0 radical (unpaired) electrons. The van der Waals surface area contributed by atoms with Gasteiger partial charge in [-0.1, -0.05) is 19.6 Å². The van der Waals surface area contributed by atoms with Crippen LogP contribution in [0.4, 0.5) is 0 Å². The number of rotatable bonds is 5. The fraction of sp³-hybridized carbons (Fsp3) is 0.556. The van der Waals surface area contributed by atoms with E-state index in [0.717, 1.165) is 0 Å². The summed E-state index contributed by atoms with van der Waals surface area (Å²) in [5.74, 6) is -1.21. The molecule has 1 atom stereocenters. The van der Waals surface area contributed by atoms with Gasteiger partial charge in [0.25, 0.3) is 0 Å². The Labute approximate surface area is 72.4 Å². The molecule has 0 saturated carbocycles. The van der Waals surface area contributed by atoms with Crippen molar-refractivity contribution in [2.75, 3.05) is 6.61 Å². The summed E-state index contributed by atoms with van der Waals surface area (Å²) in [5, 5.41) is 0. The first-order valence-electron chi connectivity index (χ1n) is 3.93. The summed E-state index contributed by atoms with van der Waals surface area (Å²) in [6, 6.07) is 0. The van der Waals surface area contributed by atoms with Crippen molar-refractivity contribution in [3.63, 3.8) is 0 Å². The SMILES string of the molecule is C=CCOC(=O)C(C)C(=O)CC. The van der Waals surface area contributed by atoms with Crippen LogP contribution in [0.3, 0.4) is 0 Å². The standard InChI is InChI=1S/C9H14O3/c1-4-6-12-9(11)7(3)8(10)5-2/h4,7H,1,5-6H2,2-3H3. The van der Waals surface area contributed by atoms with Crippen molar-refractivity contribution in [2.45, 2.75) is 20.3 Å². The maximum atomic E-state index is 11.0. The molecule has 0 aliphatic heterocycles. The molecule has 0 aromatic rings. The summed E-state index contributed by atoms with van der Waals surface area (Å²) in [4.78, 5) is 22.0. The number of ketones is 1. The van der Waals surface area contributed by atoms with E-state index >= 15 is 0 Å². The summed E-state index contributed by atoms with van der Waals surface area (Å²) >= 11 is 0. The lowest BCUT2D eigenvalue weighted by Crippen LogP contribution is -2.22. The second kappa shape index (κ2) is 5.52. The lowest BCUT2D eigenvalue weighted by atomic mass is 10.1. The molecule has 0 aromatic carbocycles. The number of hydrogen-bond donors (Lipinski definition) is 0. The molecule has 1 unspecified atom stereocenters. The van der Waals surface area contributed by atoms with Crippen molar-refractivity contribution in [2.24, 2.45) is 5.92 Å². The second-order valence-electron chi connectivity index (χ2n) is 2.46. The molecule has 0 aromatic heterocycles. The molecular formula is C9H14O3. The Bertz CT molecular complexity index is 184. The van der Waals surface area contributed by atoms with E-state index in [2.05, 4.69) is 6.58 Å². The van der Waals surface area contributed by atoms with Crippen molar-refractivity contribution in [1.29, 1.82) is 0 Å². The zero-order chi connectivity index (χ0) is 9.56. The Hall–Kier alpha value is -1.12. The minimum absolute atomic E-state index is 0.0935. The first-order chi connectivity index (χ1) is 5.63. The van der Waals surface area contributed by atoms with Crippen LogP contribution in [-0.4, -0.2) is 18.4 Å². The van der Waals surface area contributed by atoms with Crippen LogP contribution in [0.2, 0.25) is 0 Å². The normalized spacial score (nSPS) is 11.8. The predicted octanol–water partition coefficient (Wildman–Crippen LogP) is 1.33. The van der Waals surface area contributed by atoms with Crippen LogP contribution in [0, 0.1) is 5.92 Å². The lowest BCUT2D eigenvalue weighted by Gasteiger charge is -2.07. The molecule has 0 heterocycles. The van der Waals surface area contributed by atoms with Gasteiger partial charge >= 0.3 is 5.97 Å². The Morgan fingerprint density at radius 3 is 2.58 bits per heavy atom. The van der Waals surface area contributed by atoms with Crippen LogP contribution in [0.5, 0.6) is 0 Å². The lowest BCUT2D eigenvalue weighted by molar-refractivity contribution is -0.150. The van der Waals surface area contributed by atoms with Gasteiger partial charge in [0.15, 0.2) is 0 Å². The molecule has 0 rings (SSSR count). The topological polar surface area (TPSA) is 43.4 Å². The molecule has 0 N–H and O–H groups in total. The molecule has 0 spiro atoms. The van der Waals surface area contributed by atoms with E-state index in [4.69, 9.17) is 4.74 Å². The second-order valence-corrected chi connectivity index (χ2v) is 2.46. The highest BCUT2D eigenvalue weighted by Gasteiger charge is 2.20. The summed E-state index contributed by atoms with van der Waals surface area (Å²) in [7, 11) is 0. The molecule has 0 saturated heterocycles. The van der Waals surface area contributed by atoms with Gasteiger partial charge in [0, 0.05) is 6.42 Å². The molecule has 0 bridgehead atoms. The van der Waals surface area contributed by atoms with Crippen LogP contribution in [0.15, 0.2) is 12.7 Å². The number of Topliss-reactive ketones (excluding diaryl/α,β-unsaturated/α-hetero) is 1. The van der Waals surface area contributed by atoms with Gasteiger partial charge < -0.3 is 4.74 Å². The largest absolute Gasteiger partial charge is 0.461 e. The molecule has 0 aliphatic carbocycles. The fourth-order valence-corrected chi connectivity index (χ4v) is 0.704. The molecule has 3 nitrogen and oxygen atoms in total. The first kappa shape index (κ1) is 10.9. The molecule has 68 valence electrons. The number of hydrogen-bond acceptors (Lipinski definition) is 3. The van der Waals surface area contributed by atoms with Crippen molar-refractivity contribution in [3.8, 4) is 0 Å². The maximum absolute atomic E-state index is 11.0. The average Bonchev–Trinajstić information content (AvgIpc) is 2.11. The first-order valence-corrected chi connectivity index (χ1v) is 3.93. The van der Waals surface area contributed by atoms with Gasteiger partial charge in [-0.3, -0.25) is 9.59 Å². The number of carbonyl (C=O) groups excluding carboxylic acids is 2. The van der Waals surface area contributed by atoms with Gasteiger partial charge in [0.1, 0.15) is 18.3 Å². The van der Waals surface area contributed by atoms with Crippen LogP contribution < -0.4 is 0 Å². The molecule has 3 heteroatoms. The van der Waals surface area contributed by atoms with Crippen molar-refractivity contribution < 1.29 is 14.3 Å². The van der Waals surface area contributed by atoms with Gasteiger partial charge in [-0.15, -0.1) is 0 Å². The van der Waals surface area contributed by atoms with Gasteiger partial charge in [0.2, 0.25) is 0 Å². The summed E-state index contributed by atoms with van der Waals surface area (Å²) in [6.07, 6.45) is 1.84. The van der Waals surface area contributed by atoms with Crippen LogP contribution in [0.25, 0.3) is 0 Å². The Balaban J connectivity index is 3.92. The highest BCUT2D eigenvalue weighted by Crippen LogP contribution is 2.02. The summed E-state index contributed by atoms with van der Waals surface area (Å²) < 4.78 is 4.70. The maximum Gasteiger partial charge on any atom is 0.316 e. The highest BCUT2D eigenvalue weighted by molar-refractivity contribution is 5.98. The van der Waals surface area contributed by atoms with E-state index in [1.807, 2.05) is 0 Å². The molecule has 0 amide bonds. The van der Waals surface area contributed by atoms with Crippen LogP contribution >= 0.6 is 0 Å². The van der Waals surface area contributed by atoms with Gasteiger partial charge in [-0.2, -0.15) is 0 Å². The van der Waals surface area contributed by atoms with E-state index in [0.29, 0.717) is 6.42 Å². The van der Waals surface area contributed by atoms with Gasteiger partial charge in [-0.05, 0) is 6.92 Å². The van der Waals surface area contributed by atoms with Crippen LogP contribution in [-0.2, 0) is 14.3 Å². The summed E-state index contributed by atoms with van der Waals surface area (Å²) in [5.41, 5.74) is 0. The van der Waals surface area contributed by atoms with E-state index in [9.17, 15) is 9.59 Å². The van der Waals surface area contributed by atoms with Crippen molar-refractivity contribution in [3.05, 3.63) is 12.7 Å². The third-order valence-corrected chi connectivity index (χ3v) is 1.53. The van der Waals surface area contributed by atoms with Crippen LogP contribution in [0.1, 0.15) is 20.3 Å². The quantitative estimate of drug-likeness (QED) is 0.355. The number of esters is 1. The zero-order valence-electron chi connectivity index (χ0n) is 7.50. The van der Waals surface area contributed by atoms with E-state index in [-0.39, 0.29) is 12.4 Å². The smallest absolute Gasteiger partial charge is 0.316 e. The highest BCUT2D eigenvalue weighted by atomic mass is 16.5. The fourth-order valence-electron chi connectivity index (χ4n) is 0.704. The number of ether oxygens (including phenoxy) is 1. The monoisotopic (exact) mass is 170 g/mol. The minimum atomic E-state index is -0.644. The van der Waals surface area contributed by atoms with Crippen molar-refractivity contribution in [1.82, 2.24) is 0 Å². The van der Waals surface area contributed by atoms with E-state index < -0.39 is 11.9 Å². The number of carbonyl (C=O) groups is 2. The predicted molar refractivity (Wildman–Crippen MR) is 45.6 cm³/mol. The zero-order valence-corrected chi connectivity index (χ0v) is 7.50. The van der Waals surface area contributed by atoms with E-state index in [1.165, 1.54) is 6.08 Å².